The third kappa shape index (κ3) is 1.90. The highest BCUT2D eigenvalue weighted by Crippen LogP contribution is 2.20. The van der Waals surface area contributed by atoms with Crippen LogP contribution in [-0.4, -0.2) is 11.1 Å². The van der Waals surface area contributed by atoms with Crippen LogP contribution in [0.25, 0.3) is 10.8 Å². The molecule has 2 aromatic carbocycles. The summed E-state index contributed by atoms with van der Waals surface area (Å²) in [5, 5.41) is 10.9. The molecule has 0 aliphatic rings. The molecule has 2 rings (SSSR count). The Balaban J connectivity index is 2.54. The predicted octanol–water partition coefficient (Wildman–Crippen LogP) is 2.23. The number of aliphatic carboxylic acids is 1. The molecule has 0 saturated heterocycles. The van der Waals surface area contributed by atoms with E-state index in [1.807, 2.05) is 37.3 Å². The van der Waals surface area contributed by atoms with E-state index in [4.69, 9.17) is 10.8 Å². The van der Waals surface area contributed by atoms with Crippen LogP contribution in [-0.2, 0) is 4.79 Å². The van der Waals surface area contributed by atoms with E-state index in [9.17, 15) is 4.79 Å². The molecule has 0 aliphatic carbocycles. The van der Waals surface area contributed by atoms with E-state index in [0.717, 1.165) is 16.3 Å². The van der Waals surface area contributed by atoms with Crippen LogP contribution in [0.5, 0.6) is 0 Å². The van der Waals surface area contributed by atoms with Gasteiger partial charge in [-0.2, -0.15) is 0 Å². The number of hydrogen-bond donors (Lipinski definition) is 2. The van der Waals surface area contributed by atoms with Gasteiger partial charge < -0.3 is 10.8 Å². The van der Waals surface area contributed by atoms with Gasteiger partial charge in [0.15, 0.2) is 0 Å². The van der Waals surface area contributed by atoms with Crippen molar-refractivity contribution in [1.29, 1.82) is 0 Å². The predicted molar refractivity (Wildman–Crippen MR) is 63.2 cm³/mol. The third-order valence-electron chi connectivity index (χ3n) is 2.64. The van der Waals surface area contributed by atoms with Crippen molar-refractivity contribution in [2.45, 2.75) is 13.0 Å². The van der Waals surface area contributed by atoms with Gasteiger partial charge in [0.1, 0.15) is 6.04 Å². The fourth-order valence-corrected chi connectivity index (χ4v) is 1.72. The lowest BCUT2D eigenvalue weighted by molar-refractivity contribution is -0.138. The fraction of sp³-hybridized carbons (Fsp3) is 0.154. The number of fused-ring (bicyclic) bond motifs is 1. The number of rotatable bonds is 2. The molecule has 2 aromatic rings. The van der Waals surface area contributed by atoms with Gasteiger partial charge in [0, 0.05) is 0 Å². The summed E-state index contributed by atoms with van der Waals surface area (Å²) in [5.74, 6) is -1.01. The maximum absolute atomic E-state index is 10.8. The van der Waals surface area contributed by atoms with Gasteiger partial charge in [0.2, 0.25) is 0 Å². The van der Waals surface area contributed by atoms with Gasteiger partial charge in [-0.1, -0.05) is 35.9 Å². The lowest BCUT2D eigenvalue weighted by Crippen LogP contribution is -2.20. The SMILES string of the molecule is Cc1ccc2ccc([C@H](N)C(=O)O)cc2c1. The molecule has 0 fully saturated rings. The Kier molecular flexibility index (Phi) is 2.62. The molecule has 0 heterocycles. The quantitative estimate of drug-likeness (QED) is 0.807. The normalized spacial score (nSPS) is 12.6. The highest BCUT2D eigenvalue weighted by Gasteiger charge is 2.13. The Morgan fingerprint density at radius 1 is 1.19 bits per heavy atom. The van der Waals surface area contributed by atoms with Gasteiger partial charge in [-0.25, -0.2) is 0 Å². The Morgan fingerprint density at radius 3 is 2.56 bits per heavy atom. The number of aryl methyl sites for hydroxylation is 1. The van der Waals surface area contributed by atoms with E-state index in [-0.39, 0.29) is 0 Å². The molecule has 0 unspecified atom stereocenters. The first kappa shape index (κ1) is 10.6. The van der Waals surface area contributed by atoms with Crippen molar-refractivity contribution in [3.05, 3.63) is 47.5 Å². The van der Waals surface area contributed by atoms with Crippen LogP contribution in [0, 0.1) is 6.92 Å². The van der Waals surface area contributed by atoms with Gasteiger partial charge in [0.05, 0.1) is 0 Å². The van der Waals surface area contributed by atoms with Crippen molar-refractivity contribution in [3.8, 4) is 0 Å². The summed E-state index contributed by atoms with van der Waals surface area (Å²) in [6, 6.07) is 10.6. The second-order valence-corrected chi connectivity index (χ2v) is 3.93. The minimum Gasteiger partial charge on any atom is -0.480 e. The van der Waals surface area contributed by atoms with Crippen LogP contribution < -0.4 is 5.73 Å². The molecule has 0 spiro atoms. The summed E-state index contributed by atoms with van der Waals surface area (Å²) in [6.45, 7) is 2.00. The second kappa shape index (κ2) is 3.94. The minimum absolute atomic E-state index is 0.630. The fourth-order valence-electron chi connectivity index (χ4n) is 1.72. The summed E-state index contributed by atoms with van der Waals surface area (Å²) in [7, 11) is 0. The van der Waals surface area contributed by atoms with E-state index in [0.29, 0.717) is 5.56 Å². The number of benzene rings is 2. The number of carbonyl (C=O) groups is 1. The van der Waals surface area contributed by atoms with Gasteiger partial charge in [-0.05, 0) is 29.3 Å². The molecule has 0 aromatic heterocycles. The highest BCUT2D eigenvalue weighted by molar-refractivity contribution is 5.85. The van der Waals surface area contributed by atoms with Gasteiger partial charge >= 0.3 is 5.97 Å². The topological polar surface area (TPSA) is 63.3 Å². The van der Waals surface area contributed by atoms with Crippen molar-refractivity contribution in [3.63, 3.8) is 0 Å². The van der Waals surface area contributed by atoms with E-state index < -0.39 is 12.0 Å². The third-order valence-corrected chi connectivity index (χ3v) is 2.64. The standard InChI is InChI=1S/C13H13NO2/c1-8-2-3-9-4-5-10(7-11(9)6-8)12(14)13(15)16/h2-7,12H,14H2,1H3,(H,15,16)/t12-/m0/s1. The average molecular weight is 215 g/mol. The molecule has 0 radical (unpaired) electrons. The Hall–Kier alpha value is -1.87. The highest BCUT2D eigenvalue weighted by atomic mass is 16.4. The van der Waals surface area contributed by atoms with Crippen molar-refractivity contribution in [2.24, 2.45) is 5.73 Å². The molecule has 0 amide bonds. The second-order valence-electron chi connectivity index (χ2n) is 3.93. The Morgan fingerprint density at radius 2 is 1.88 bits per heavy atom. The number of carboxylic acids is 1. The van der Waals surface area contributed by atoms with Crippen LogP contribution in [0.3, 0.4) is 0 Å². The lowest BCUT2D eigenvalue weighted by Gasteiger charge is -2.08. The number of hydrogen-bond acceptors (Lipinski definition) is 2. The molecule has 0 aliphatic heterocycles. The first-order valence-corrected chi connectivity index (χ1v) is 5.06. The zero-order chi connectivity index (χ0) is 11.7. The van der Waals surface area contributed by atoms with E-state index in [1.54, 1.807) is 6.07 Å². The maximum atomic E-state index is 10.8. The van der Waals surface area contributed by atoms with Crippen molar-refractivity contribution < 1.29 is 9.90 Å². The van der Waals surface area contributed by atoms with Crippen LogP contribution in [0.2, 0.25) is 0 Å². The molecule has 1 atom stereocenters. The van der Waals surface area contributed by atoms with Gasteiger partial charge in [-0.3, -0.25) is 4.79 Å². The number of nitrogens with two attached hydrogens (primary N) is 1. The molecule has 0 saturated carbocycles. The summed E-state index contributed by atoms with van der Waals surface area (Å²) < 4.78 is 0. The maximum Gasteiger partial charge on any atom is 0.325 e. The van der Waals surface area contributed by atoms with E-state index in [1.165, 1.54) is 0 Å². The molecule has 16 heavy (non-hydrogen) atoms. The molecule has 3 N–H and O–H groups in total. The van der Waals surface area contributed by atoms with Crippen molar-refractivity contribution >= 4 is 16.7 Å². The average Bonchev–Trinajstić information content (AvgIpc) is 2.26. The van der Waals surface area contributed by atoms with E-state index in [2.05, 4.69) is 0 Å². The van der Waals surface area contributed by atoms with Crippen molar-refractivity contribution in [2.75, 3.05) is 0 Å². The first-order valence-electron chi connectivity index (χ1n) is 5.06. The summed E-state index contributed by atoms with van der Waals surface area (Å²) in [6.07, 6.45) is 0. The minimum atomic E-state index is -1.01. The van der Waals surface area contributed by atoms with Gasteiger partial charge in [-0.15, -0.1) is 0 Å². The monoisotopic (exact) mass is 215 g/mol. The first-order chi connectivity index (χ1) is 7.58. The van der Waals surface area contributed by atoms with Crippen LogP contribution in [0.15, 0.2) is 36.4 Å². The van der Waals surface area contributed by atoms with Crippen LogP contribution in [0.1, 0.15) is 17.2 Å². The van der Waals surface area contributed by atoms with Crippen LogP contribution >= 0.6 is 0 Å². The summed E-state index contributed by atoms with van der Waals surface area (Å²) in [5.41, 5.74) is 7.34. The molecule has 3 heteroatoms. The zero-order valence-electron chi connectivity index (χ0n) is 8.97. The largest absolute Gasteiger partial charge is 0.480 e. The Bertz CT molecular complexity index is 549. The van der Waals surface area contributed by atoms with Crippen molar-refractivity contribution in [1.82, 2.24) is 0 Å². The zero-order valence-corrected chi connectivity index (χ0v) is 8.97. The molecule has 3 nitrogen and oxygen atoms in total. The van der Waals surface area contributed by atoms with Crippen LogP contribution in [0.4, 0.5) is 0 Å². The smallest absolute Gasteiger partial charge is 0.325 e. The Labute approximate surface area is 93.5 Å². The molecule has 0 bridgehead atoms. The van der Waals surface area contributed by atoms with E-state index >= 15 is 0 Å². The van der Waals surface area contributed by atoms with Gasteiger partial charge in [0.25, 0.3) is 0 Å². The molecule has 82 valence electrons. The molecular weight excluding hydrogens is 202 g/mol. The summed E-state index contributed by atoms with van der Waals surface area (Å²) in [4.78, 5) is 10.8. The lowest BCUT2D eigenvalue weighted by atomic mass is 10.0. The number of carboxylic acid groups (broad SMARTS) is 1. The summed E-state index contributed by atoms with van der Waals surface area (Å²) >= 11 is 0. The molecular formula is C13H13NO2.